The van der Waals surface area contributed by atoms with Gasteiger partial charge in [0.15, 0.2) is 0 Å². The Morgan fingerprint density at radius 3 is 2.83 bits per heavy atom. The first-order valence-electron chi connectivity index (χ1n) is 6.18. The van der Waals surface area contributed by atoms with E-state index in [2.05, 4.69) is 10.4 Å². The summed E-state index contributed by atoms with van der Waals surface area (Å²) in [6.45, 7) is 2.74. The third-order valence-corrected chi connectivity index (χ3v) is 2.59. The van der Waals surface area contributed by atoms with Crippen LogP contribution in [-0.4, -0.2) is 42.0 Å². The van der Waals surface area contributed by atoms with Crippen LogP contribution in [0.2, 0.25) is 0 Å². The minimum atomic E-state index is -2.39. The zero-order chi connectivity index (χ0) is 13.4. The molecule has 104 valence electrons. The lowest BCUT2D eigenvalue weighted by Gasteiger charge is -2.17. The minimum Gasteiger partial charge on any atom is -0.375 e. The average Bonchev–Trinajstić information content (AvgIpc) is 2.70. The van der Waals surface area contributed by atoms with Crippen molar-refractivity contribution in [3.8, 4) is 0 Å². The molecule has 1 atom stereocenters. The first-order chi connectivity index (χ1) is 8.61. The molecule has 1 heterocycles. The number of alkyl halides is 2. The Bertz CT molecular complexity index is 331. The van der Waals surface area contributed by atoms with Gasteiger partial charge in [0.05, 0.1) is 6.20 Å². The molecule has 0 fully saturated rings. The molecule has 0 saturated carbocycles. The first kappa shape index (κ1) is 15.0. The van der Waals surface area contributed by atoms with Crippen molar-refractivity contribution in [3.63, 3.8) is 0 Å². The van der Waals surface area contributed by atoms with Crippen LogP contribution < -0.4 is 5.32 Å². The van der Waals surface area contributed by atoms with Gasteiger partial charge in [0, 0.05) is 25.9 Å². The Morgan fingerprint density at radius 2 is 2.28 bits per heavy atom. The van der Waals surface area contributed by atoms with Crippen LogP contribution in [0.1, 0.15) is 18.9 Å². The maximum atomic E-state index is 11.9. The number of halogens is 2. The molecule has 0 aliphatic rings. The predicted molar refractivity (Wildman–Crippen MR) is 65.8 cm³/mol. The van der Waals surface area contributed by atoms with Gasteiger partial charge in [-0.3, -0.25) is 4.68 Å². The Hall–Kier alpha value is -1.01. The van der Waals surface area contributed by atoms with Crippen LogP contribution in [-0.2, 0) is 18.2 Å². The van der Waals surface area contributed by atoms with E-state index < -0.39 is 13.0 Å². The SMILES string of the molecule is CCNC(CCOCC(F)F)Cc1cnn(C)c1. The Kier molecular flexibility index (Phi) is 6.82. The number of nitrogens with one attached hydrogen (secondary N) is 1. The maximum absolute atomic E-state index is 11.9. The molecule has 0 amide bonds. The third-order valence-electron chi connectivity index (χ3n) is 2.59. The number of aromatic nitrogens is 2. The lowest BCUT2D eigenvalue weighted by atomic mass is 10.1. The molecule has 0 aliphatic heterocycles. The van der Waals surface area contributed by atoms with E-state index in [-0.39, 0.29) is 6.04 Å². The largest absolute Gasteiger partial charge is 0.375 e. The molecule has 0 radical (unpaired) electrons. The third kappa shape index (κ3) is 6.07. The zero-order valence-electron chi connectivity index (χ0n) is 10.9. The van der Waals surface area contributed by atoms with Gasteiger partial charge in [0.2, 0.25) is 0 Å². The van der Waals surface area contributed by atoms with E-state index in [0.717, 1.165) is 24.9 Å². The lowest BCUT2D eigenvalue weighted by Crippen LogP contribution is -2.32. The normalized spacial score (nSPS) is 13.2. The molecule has 1 N–H and O–H groups in total. The molecule has 4 nitrogen and oxygen atoms in total. The fraction of sp³-hybridized carbons (Fsp3) is 0.750. The summed E-state index contributed by atoms with van der Waals surface area (Å²) in [5.41, 5.74) is 1.14. The molecule has 6 heteroatoms. The highest BCUT2D eigenvalue weighted by Gasteiger charge is 2.10. The summed E-state index contributed by atoms with van der Waals surface area (Å²) in [4.78, 5) is 0. The highest BCUT2D eigenvalue weighted by Crippen LogP contribution is 2.05. The number of hydrogen-bond donors (Lipinski definition) is 1. The van der Waals surface area contributed by atoms with Crippen molar-refractivity contribution in [1.82, 2.24) is 15.1 Å². The summed E-state index contributed by atoms with van der Waals surface area (Å²) in [5, 5.41) is 7.43. The van der Waals surface area contributed by atoms with E-state index in [9.17, 15) is 8.78 Å². The second kappa shape index (κ2) is 8.16. The van der Waals surface area contributed by atoms with Crippen LogP contribution in [0, 0.1) is 0 Å². The molecule has 0 aromatic carbocycles. The molecule has 1 aromatic heterocycles. The summed E-state index contributed by atoms with van der Waals surface area (Å²) < 4.78 is 30.5. The molecule has 0 aliphatic carbocycles. The highest BCUT2D eigenvalue weighted by atomic mass is 19.3. The quantitative estimate of drug-likeness (QED) is 0.686. The van der Waals surface area contributed by atoms with Crippen molar-refractivity contribution in [2.24, 2.45) is 7.05 Å². The highest BCUT2D eigenvalue weighted by molar-refractivity contribution is 5.05. The fourth-order valence-electron chi connectivity index (χ4n) is 1.82. The second-order valence-corrected chi connectivity index (χ2v) is 4.24. The topological polar surface area (TPSA) is 39.1 Å². The standard InChI is InChI=1S/C12H21F2N3O/c1-3-15-11(4-5-18-9-12(13)14)6-10-7-16-17(2)8-10/h7-8,11-12,15H,3-6,9H2,1-2H3. The Balaban J connectivity index is 2.30. The Morgan fingerprint density at radius 1 is 1.50 bits per heavy atom. The van der Waals surface area contributed by atoms with Crippen molar-refractivity contribution < 1.29 is 13.5 Å². The van der Waals surface area contributed by atoms with Crippen LogP contribution in [0.5, 0.6) is 0 Å². The summed E-state index contributed by atoms with van der Waals surface area (Å²) >= 11 is 0. The molecular weight excluding hydrogens is 240 g/mol. The van der Waals surface area contributed by atoms with Crippen molar-refractivity contribution >= 4 is 0 Å². The second-order valence-electron chi connectivity index (χ2n) is 4.24. The molecule has 1 unspecified atom stereocenters. The van der Waals surface area contributed by atoms with E-state index in [1.54, 1.807) is 4.68 Å². The molecule has 18 heavy (non-hydrogen) atoms. The van der Waals surface area contributed by atoms with Crippen LogP contribution in [0.4, 0.5) is 8.78 Å². The number of hydrogen-bond acceptors (Lipinski definition) is 3. The van der Waals surface area contributed by atoms with Crippen molar-refractivity contribution in [1.29, 1.82) is 0 Å². The smallest absolute Gasteiger partial charge is 0.261 e. The number of nitrogens with zero attached hydrogens (tertiary/aromatic N) is 2. The number of aryl methyl sites for hydroxylation is 1. The van der Waals surface area contributed by atoms with E-state index in [1.807, 2.05) is 26.4 Å². The van der Waals surface area contributed by atoms with E-state index in [1.165, 1.54) is 0 Å². The van der Waals surface area contributed by atoms with E-state index in [0.29, 0.717) is 6.61 Å². The molecule has 1 aromatic rings. The summed E-state index contributed by atoms with van der Waals surface area (Å²) in [6.07, 6.45) is 2.95. The van der Waals surface area contributed by atoms with Crippen LogP contribution >= 0.6 is 0 Å². The van der Waals surface area contributed by atoms with Gasteiger partial charge < -0.3 is 10.1 Å². The van der Waals surface area contributed by atoms with Crippen LogP contribution in [0.15, 0.2) is 12.4 Å². The lowest BCUT2D eigenvalue weighted by molar-refractivity contribution is 0.0144. The Labute approximate surface area is 106 Å². The zero-order valence-corrected chi connectivity index (χ0v) is 10.9. The first-order valence-corrected chi connectivity index (χ1v) is 6.18. The van der Waals surface area contributed by atoms with Gasteiger partial charge in [-0.1, -0.05) is 6.92 Å². The number of likely N-dealkylation sites (N-methyl/N-ethyl adjacent to an activating group) is 1. The monoisotopic (exact) mass is 261 g/mol. The summed E-state index contributed by atoms with van der Waals surface area (Å²) in [6, 6.07) is 0.233. The molecular formula is C12H21F2N3O. The van der Waals surface area contributed by atoms with Gasteiger partial charge in [-0.15, -0.1) is 0 Å². The van der Waals surface area contributed by atoms with Crippen LogP contribution in [0.25, 0.3) is 0 Å². The average molecular weight is 261 g/mol. The van der Waals surface area contributed by atoms with Crippen molar-refractivity contribution in [3.05, 3.63) is 18.0 Å². The predicted octanol–water partition coefficient (Wildman–Crippen LogP) is 1.61. The number of rotatable bonds is 9. The summed E-state index contributed by atoms with van der Waals surface area (Å²) in [5.74, 6) is 0. The summed E-state index contributed by atoms with van der Waals surface area (Å²) in [7, 11) is 1.87. The maximum Gasteiger partial charge on any atom is 0.261 e. The molecule has 0 spiro atoms. The van der Waals surface area contributed by atoms with Gasteiger partial charge in [0.25, 0.3) is 6.43 Å². The van der Waals surface area contributed by atoms with E-state index in [4.69, 9.17) is 4.74 Å². The van der Waals surface area contributed by atoms with Gasteiger partial charge in [-0.2, -0.15) is 5.10 Å². The minimum absolute atomic E-state index is 0.233. The van der Waals surface area contributed by atoms with Crippen molar-refractivity contribution in [2.75, 3.05) is 19.8 Å². The van der Waals surface area contributed by atoms with Crippen molar-refractivity contribution in [2.45, 2.75) is 32.2 Å². The van der Waals surface area contributed by atoms with Gasteiger partial charge in [-0.25, -0.2) is 8.78 Å². The van der Waals surface area contributed by atoms with Gasteiger partial charge >= 0.3 is 0 Å². The fourth-order valence-corrected chi connectivity index (χ4v) is 1.82. The molecule has 0 bridgehead atoms. The van der Waals surface area contributed by atoms with Gasteiger partial charge in [-0.05, 0) is 24.9 Å². The van der Waals surface area contributed by atoms with E-state index >= 15 is 0 Å². The van der Waals surface area contributed by atoms with Crippen LogP contribution in [0.3, 0.4) is 0 Å². The molecule has 1 rings (SSSR count). The number of ether oxygens (including phenoxy) is 1. The molecule has 0 saturated heterocycles. The van der Waals surface area contributed by atoms with Gasteiger partial charge in [0.1, 0.15) is 6.61 Å².